The van der Waals surface area contributed by atoms with Crippen LogP contribution in [0.3, 0.4) is 0 Å². The van der Waals surface area contributed by atoms with Crippen molar-refractivity contribution in [1.29, 1.82) is 0 Å². The van der Waals surface area contributed by atoms with Gasteiger partial charge in [-0.25, -0.2) is 4.79 Å². The zero-order valence-corrected chi connectivity index (χ0v) is 12.8. The summed E-state index contributed by atoms with van der Waals surface area (Å²) < 4.78 is 0. The molecule has 0 bridgehead atoms. The Hall–Kier alpha value is -1.59. The van der Waals surface area contributed by atoms with Crippen molar-refractivity contribution in [3.63, 3.8) is 0 Å². The highest BCUT2D eigenvalue weighted by molar-refractivity contribution is 5.88. The molecular formula is C14H21ClN2O3. The predicted molar refractivity (Wildman–Crippen MR) is 80.7 cm³/mol. The lowest BCUT2D eigenvalue weighted by Crippen LogP contribution is -2.27. The number of hydroxylamine groups is 2. The van der Waals surface area contributed by atoms with Gasteiger partial charge in [-0.1, -0.05) is 12.1 Å². The molecule has 0 fully saturated rings. The average molecular weight is 301 g/mol. The van der Waals surface area contributed by atoms with Crippen LogP contribution in [-0.2, 0) is 20.8 Å². The number of rotatable bonds is 6. The summed E-state index contributed by atoms with van der Waals surface area (Å²) in [6, 6.07) is 7.13. The maximum absolute atomic E-state index is 11.7. The van der Waals surface area contributed by atoms with Crippen LogP contribution in [0, 0.1) is 0 Å². The molecule has 0 aliphatic rings. The van der Waals surface area contributed by atoms with Gasteiger partial charge in [0.2, 0.25) is 5.91 Å². The quantitative estimate of drug-likeness (QED) is 0.820. The molecule has 0 saturated heterocycles. The van der Waals surface area contributed by atoms with Gasteiger partial charge in [-0.05, 0) is 31.5 Å². The van der Waals surface area contributed by atoms with Gasteiger partial charge in [0.15, 0.2) is 0 Å². The number of hydrogen-bond donors (Lipinski definition) is 1. The first-order valence-electron chi connectivity index (χ1n) is 6.37. The molecule has 0 aliphatic heterocycles. The summed E-state index contributed by atoms with van der Waals surface area (Å²) in [5, 5.41) is 4.28. The summed E-state index contributed by atoms with van der Waals surface area (Å²) in [6.07, 6.45) is 0.219. The van der Waals surface area contributed by atoms with Crippen LogP contribution in [0.15, 0.2) is 24.3 Å². The molecule has 0 aromatic heterocycles. The van der Waals surface area contributed by atoms with Crippen LogP contribution >= 0.6 is 12.4 Å². The molecule has 5 nitrogen and oxygen atoms in total. The van der Waals surface area contributed by atoms with Crippen molar-refractivity contribution in [3.05, 3.63) is 29.8 Å². The number of halogens is 1. The molecule has 1 aromatic carbocycles. The number of nitrogens with one attached hydrogen (secondary N) is 1. The van der Waals surface area contributed by atoms with Crippen molar-refractivity contribution in [1.82, 2.24) is 5.06 Å². The van der Waals surface area contributed by atoms with E-state index >= 15 is 0 Å². The second kappa shape index (κ2) is 9.34. The molecular weight excluding hydrogens is 280 g/mol. The third-order valence-corrected chi connectivity index (χ3v) is 2.56. The van der Waals surface area contributed by atoms with Crippen LogP contribution in [0.25, 0.3) is 0 Å². The van der Waals surface area contributed by atoms with Crippen LogP contribution in [0.5, 0.6) is 0 Å². The normalized spacial score (nSPS) is 9.80. The molecule has 20 heavy (non-hydrogen) atoms. The molecule has 1 N–H and O–H groups in total. The molecule has 112 valence electrons. The lowest BCUT2D eigenvalue weighted by Gasteiger charge is -2.17. The molecule has 0 radical (unpaired) electrons. The van der Waals surface area contributed by atoms with Gasteiger partial charge in [0.25, 0.3) is 0 Å². The smallest absolute Gasteiger partial charge is 0.329 e. The molecule has 6 heteroatoms. The Morgan fingerprint density at radius 3 is 2.15 bits per heavy atom. The Morgan fingerprint density at radius 2 is 1.70 bits per heavy atom. The van der Waals surface area contributed by atoms with Gasteiger partial charge in [-0.15, -0.1) is 17.5 Å². The number of benzene rings is 1. The van der Waals surface area contributed by atoms with Crippen LogP contribution < -0.4 is 5.32 Å². The van der Waals surface area contributed by atoms with Gasteiger partial charge in [-0.2, -0.15) is 0 Å². The van der Waals surface area contributed by atoms with Crippen molar-refractivity contribution < 1.29 is 14.4 Å². The number of nitrogens with zero attached hydrogens (tertiary/aromatic N) is 1. The molecule has 0 saturated carbocycles. The summed E-state index contributed by atoms with van der Waals surface area (Å²) >= 11 is 0. The topological polar surface area (TPSA) is 58.6 Å². The van der Waals surface area contributed by atoms with Gasteiger partial charge in [0.1, 0.15) is 0 Å². The highest BCUT2D eigenvalue weighted by Gasteiger charge is 2.09. The zero-order chi connectivity index (χ0) is 14.3. The molecule has 0 atom stereocenters. The number of anilines is 1. The monoisotopic (exact) mass is 300 g/mol. The van der Waals surface area contributed by atoms with Crippen molar-refractivity contribution >= 4 is 30.0 Å². The van der Waals surface area contributed by atoms with Crippen LogP contribution in [-0.4, -0.2) is 30.0 Å². The zero-order valence-electron chi connectivity index (χ0n) is 12.0. The summed E-state index contributed by atoms with van der Waals surface area (Å²) in [4.78, 5) is 27.7. The number of carbonyl (C=O) groups is 2. The fraction of sp³-hybridized carbons (Fsp3) is 0.429. The van der Waals surface area contributed by atoms with E-state index in [-0.39, 0.29) is 30.7 Å². The van der Waals surface area contributed by atoms with Crippen molar-refractivity contribution in [2.24, 2.45) is 0 Å². The van der Waals surface area contributed by atoms with Gasteiger partial charge < -0.3 is 10.2 Å². The first-order chi connectivity index (χ1) is 9.05. The molecule has 1 rings (SSSR count). The lowest BCUT2D eigenvalue weighted by molar-refractivity contribution is -0.187. The minimum atomic E-state index is -0.282. The number of amides is 1. The van der Waals surface area contributed by atoms with E-state index in [4.69, 9.17) is 4.84 Å². The largest absolute Gasteiger partial charge is 0.368 e. The fourth-order valence-corrected chi connectivity index (χ4v) is 1.60. The van der Waals surface area contributed by atoms with E-state index in [1.807, 2.05) is 13.8 Å². The van der Waals surface area contributed by atoms with E-state index in [1.54, 1.807) is 29.3 Å². The van der Waals surface area contributed by atoms with E-state index in [9.17, 15) is 9.59 Å². The Kier molecular flexibility index (Phi) is 8.59. The lowest BCUT2D eigenvalue weighted by atomic mass is 10.1. The summed E-state index contributed by atoms with van der Waals surface area (Å²) in [7, 11) is 0. The molecule has 0 unspecified atom stereocenters. The van der Waals surface area contributed by atoms with Gasteiger partial charge >= 0.3 is 5.97 Å². The first kappa shape index (κ1) is 18.4. The average Bonchev–Trinajstić information content (AvgIpc) is 2.37. The van der Waals surface area contributed by atoms with E-state index in [0.29, 0.717) is 18.8 Å². The fourth-order valence-electron chi connectivity index (χ4n) is 1.60. The third kappa shape index (κ3) is 6.54. The van der Waals surface area contributed by atoms with Crippen molar-refractivity contribution in [2.45, 2.75) is 27.2 Å². The standard InChI is InChI=1S/C14H20N2O3.ClH/c1-4-16(5-2)19-14(18)10-12-6-8-13(9-7-12)15-11(3)17;/h6-9H,4-5,10H2,1-3H3,(H,15,17);1H. The Balaban J connectivity index is 0.00000361. The van der Waals surface area contributed by atoms with Gasteiger partial charge in [0.05, 0.1) is 6.42 Å². The molecule has 0 aliphatic carbocycles. The van der Waals surface area contributed by atoms with Crippen LogP contribution in [0.1, 0.15) is 26.3 Å². The second-order valence-corrected chi connectivity index (χ2v) is 4.13. The van der Waals surface area contributed by atoms with Gasteiger partial charge in [-0.3, -0.25) is 4.79 Å². The van der Waals surface area contributed by atoms with Crippen molar-refractivity contribution in [2.75, 3.05) is 18.4 Å². The minimum absolute atomic E-state index is 0. The minimum Gasteiger partial charge on any atom is -0.368 e. The number of carbonyl (C=O) groups excluding carboxylic acids is 2. The maximum Gasteiger partial charge on any atom is 0.329 e. The highest BCUT2D eigenvalue weighted by atomic mass is 35.5. The summed E-state index contributed by atoms with van der Waals surface area (Å²) in [5.74, 6) is -0.398. The Bertz CT molecular complexity index is 431. The molecule has 0 spiro atoms. The number of hydrogen-bond acceptors (Lipinski definition) is 4. The molecule has 0 heterocycles. The van der Waals surface area contributed by atoms with Gasteiger partial charge in [0, 0.05) is 25.7 Å². The molecule has 1 aromatic rings. The van der Waals surface area contributed by atoms with E-state index in [2.05, 4.69) is 5.32 Å². The van der Waals surface area contributed by atoms with Crippen LogP contribution in [0.4, 0.5) is 5.69 Å². The Labute approximate surface area is 125 Å². The Morgan fingerprint density at radius 1 is 1.15 bits per heavy atom. The first-order valence-corrected chi connectivity index (χ1v) is 6.37. The SMILES string of the molecule is CCN(CC)OC(=O)Cc1ccc(NC(C)=O)cc1.Cl. The predicted octanol–water partition coefficient (Wildman–Crippen LogP) is 2.41. The third-order valence-electron chi connectivity index (χ3n) is 2.56. The highest BCUT2D eigenvalue weighted by Crippen LogP contribution is 2.10. The second-order valence-electron chi connectivity index (χ2n) is 4.13. The van der Waals surface area contributed by atoms with E-state index in [1.165, 1.54) is 6.92 Å². The summed E-state index contributed by atoms with van der Waals surface area (Å²) in [5.41, 5.74) is 1.57. The van der Waals surface area contributed by atoms with Crippen molar-refractivity contribution in [3.8, 4) is 0 Å². The molecule has 1 amide bonds. The maximum atomic E-state index is 11.7. The van der Waals surface area contributed by atoms with E-state index < -0.39 is 0 Å². The van der Waals surface area contributed by atoms with Crippen LogP contribution in [0.2, 0.25) is 0 Å². The van der Waals surface area contributed by atoms with E-state index in [0.717, 1.165) is 5.56 Å². The summed E-state index contributed by atoms with van der Waals surface area (Å²) in [6.45, 7) is 6.65.